The molecule has 3 N–H and O–H groups in total. The number of unbranched alkanes of at least 4 members (excludes halogenated alkanes) is 6. The first-order valence-corrected chi connectivity index (χ1v) is 7.91. The fraction of sp³-hybridized carbons (Fsp3) is 1.00. The minimum Gasteiger partial charge on any atom is -0.396 e. The monoisotopic (exact) mass is 282 g/mol. The Labute approximate surface area is 111 Å². The van der Waals surface area contributed by atoms with Gasteiger partial charge in [-0.2, -0.15) is 0 Å². The van der Waals surface area contributed by atoms with E-state index in [-0.39, 0.29) is 13.2 Å². The molecule has 0 aromatic heterocycles. The molecule has 0 aliphatic rings. The van der Waals surface area contributed by atoms with E-state index < -0.39 is 8.60 Å². The molecule has 0 bridgehead atoms. The van der Waals surface area contributed by atoms with Gasteiger partial charge in [0.2, 0.25) is 0 Å². The molecule has 0 aliphatic carbocycles. The maximum absolute atomic E-state index is 9.39. The third-order valence-corrected chi connectivity index (χ3v) is 3.32. The summed E-state index contributed by atoms with van der Waals surface area (Å²) >= 11 is 0. The Morgan fingerprint density at radius 2 is 1.00 bits per heavy atom. The molecule has 0 aromatic rings. The Balaban J connectivity index is 3.10. The van der Waals surface area contributed by atoms with E-state index in [0.717, 1.165) is 51.4 Å². The molecule has 0 aromatic carbocycles. The Bertz CT molecular complexity index is 143. The van der Waals surface area contributed by atoms with E-state index >= 15 is 0 Å². The van der Waals surface area contributed by atoms with Crippen LogP contribution in [-0.2, 0) is 9.05 Å². The highest BCUT2D eigenvalue weighted by Gasteiger charge is 2.05. The van der Waals surface area contributed by atoms with Crippen LogP contribution in [0, 0.1) is 0 Å². The molecular formula is C12H27O5P. The number of hydrogen-bond donors (Lipinski definition) is 3. The summed E-state index contributed by atoms with van der Waals surface area (Å²) in [7, 11) is -1.73. The van der Waals surface area contributed by atoms with Crippen LogP contribution < -0.4 is 0 Å². The third-order valence-electron chi connectivity index (χ3n) is 2.51. The molecule has 5 nitrogen and oxygen atoms in total. The van der Waals surface area contributed by atoms with Gasteiger partial charge in [-0.25, -0.2) is 0 Å². The van der Waals surface area contributed by atoms with Gasteiger partial charge in [0.05, 0.1) is 13.2 Å². The van der Waals surface area contributed by atoms with E-state index in [0.29, 0.717) is 13.2 Å². The van der Waals surface area contributed by atoms with E-state index in [1.807, 2.05) is 0 Å². The second-order valence-electron chi connectivity index (χ2n) is 4.18. The zero-order valence-corrected chi connectivity index (χ0v) is 12.0. The molecule has 6 heteroatoms. The largest absolute Gasteiger partial charge is 0.396 e. The van der Waals surface area contributed by atoms with E-state index in [9.17, 15) is 4.89 Å². The Kier molecular flexibility index (Phi) is 15.5. The van der Waals surface area contributed by atoms with Crippen LogP contribution in [0.15, 0.2) is 0 Å². The van der Waals surface area contributed by atoms with E-state index in [1.54, 1.807) is 0 Å². The second kappa shape index (κ2) is 15.3. The molecule has 18 heavy (non-hydrogen) atoms. The van der Waals surface area contributed by atoms with Crippen LogP contribution in [0.5, 0.6) is 0 Å². The minimum atomic E-state index is -1.73. The maximum Gasteiger partial charge on any atom is 0.329 e. The van der Waals surface area contributed by atoms with E-state index in [1.165, 1.54) is 0 Å². The van der Waals surface area contributed by atoms with Gasteiger partial charge in [-0.3, -0.25) is 0 Å². The van der Waals surface area contributed by atoms with Crippen LogP contribution >= 0.6 is 8.60 Å². The van der Waals surface area contributed by atoms with Gasteiger partial charge in [0.25, 0.3) is 0 Å². The predicted molar refractivity (Wildman–Crippen MR) is 72.2 cm³/mol. The molecule has 0 spiro atoms. The van der Waals surface area contributed by atoms with Crippen molar-refractivity contribution in [2.75, 3.05) is 26.4 Å². The van der Waals surface area contributed by atoms with Crippen LogP contribution in [0.2, 0.25) is 0 Å². The fourth-order valence-corrected chi connectivity index (χ4v) is 2.10. The van der Waals surface area contributed by atoms with Gasteiger partial charge >= 0.3 is 8.60 Å². The molecule has 0 radical (unpaired) electrons. The van der Waals surface area contributed by atoms with Crippen LogP contribution in [0.3, 0.4) is 0 Å². The highest BCUT2D eigenvalue weighted by Crippen LogP contribution is 2.33. The molecule has 0 heterocycles. The summed E-state index contributed by atoms with van der Waals surface area (Å²) < 4.78 is 10.3. The molecule has 0 unspecified atom stereocenters. The van der Waals surface area contributed by atoms with Crippen molar-refractivity contribution < 1.29 is 24.2 Å². The van der Waals surface area contributed by atoms with E-state index in [2.05, 4.69) is 0 Å². The van der Waals surface area contributed by atoms with Gasteiger partial charge in [0, 0.05) is 13.2 Å². The summed E-state index contributed by atoms with van der Waals surface area (Å²) in [6.07, 6.45) is 7.44. The molecule has 0 fully saturated rings. The van der Waals surface area contributed by atoms with Gasteiger partial charge in [-0.1, -0.05) is 25.7 Å². The summed E-state index contributed by atoms with van der Waals surface area (Å²) in [6, 6.07) is 0. The van der Waals surface area contributed by atoms with Gasteiger partial charge in [-0.15, -0.1) is 0 Å². The van der Waals surface area contributed by atoms with Gasteiger partial charge in [-0.05, 0) is 25.7 Å². The van der Waals surface area contributed by atoms with Crippen LogP contribution in [0.1, 0.15) is 51.4 Å². The van der Waals surface area contributed by atoms with E-state index in [4.69, 9.17) is 19.3 Å². The van der Waals surface area contributed by atoms with Crippen molar-refractivity contribution in [1.29, 1.82) is 0 Å². The van der Waals surface area contributed by atoms with Crippen molar-refractivity contribution in [1.82, 2.24) is 0 Å². The molecule has 0 amide bonds. The van der Waals surface area contributed by atoms with Crippen molar-refractivity contribution in [3.63, 3.8) is 0 Å². The highest BCUT2D eigenvalue weighted by molar-refractivity contribution is 7.40. The first kappa shape index (κ1) is 18.2. The first-order chi connectivity index (χ1) is 8.81. The summed E-state index contributed by atoms with van der Waals surface area (Å²) in [5.41, 5.74) is 0. The van der Waals surface area contributed by atoms with Crippen molar-refractivity contribution in [3.8, 4) is 0 Å². The molecule has 0 saturated carbocycles. The SMILES string of the molecule is OCCCCCCOP(O)OCCCCCCO. The summed E-state index contributed by atoms with van der Waals surface area (Å²) in [5, 5.41) is 17.2. The Morgan fingerprint density at radius 3 is 1.39 bits per heavy atom. The van der Waals surface area contributed by atoms with Gasteiger partial charge < -0.3 is 24.2 Å². The van der Waals surface area contributed by atoms with Crippen molar-refractivity contribution in [3.05, 3.63) is 0 Å². The smallest absolute Gasteiger partial charge is 0.329 e. The normalized spacial score (nSPS) is 11.3. The standard InChI is InChI=1S/C12H27O5P/c13-9-5-1-3-7-11-16-18(15)17-12-8-4-2-6-10-14/h13-15H,1-12H2. The number of rotatable bonds is 14. The molecular weight excluding hydrogens is 255 g/mol. The molecule has 110 valence electrons. The molecule has 0 saturated heterocycles. The lowest BCUT2D eigenvalue weighted by atomic mass is 10.2. The van der Waals surface area contributed by atoms with Crippen molar-refractivity contribution in [2.24, 2.45) is 0 Å². The number of aliphatic hydroxyl groups excluding tert-OH is 2. The number of hydrogen-bond acceptors (Lipinski definition) is 5. The lowest BCUT2D eigenvalue weighted by Crippen LogP contribution is -1.96. The quantitative estimate of drug-likeness (QED) is 0.337. The second-order valence-corrected chi connectivity index (χ2v) is 5.17. The van der Waals surface area contributed by atoms with Crippen LogP contribution in [0.25, 0.3) is 0 Å². The van der Waals surface area contributed by atoms with Gasteiger partial charge in [0.15, 0.2) is 0 Å². The average molecular weight is 282 g/mol. The zero-order chi connectivity index (χ0) is 13.5. The topological polar surface area (TPSA) is 79.2 Å². The lowest BCUT2D eigenvalue weighted by molar-refractivity contribution is 0.192. The summed E-state index contributed by atoms with van der Waals surface area (Å²) in [6.45, 7) is 1.51. The predicted octanol–water partition coefficient (Wildman–Crippen LogP) is 2.34. The average Bonchev–Trinajstić information content (AvgIpc) is 2.38. The molecule has 0 aliphatic heterocycles. The Morgan fingerprint density at radius 1 is 0.611 bits per heavy atom. The molecule has 0 atom stereocenters. The first-order valence-electron chi connectivity index (χ1n) is 6.77. The number of aliphatic hydroxyl groups is 2. The third kappa shape index (κ3) is 14.3. The maximum atomic E-state index is 9.39. The van der Waals surface area contributed by atoms with Crippen molar-refractivity contribution in [2.45, 2.75) is 51.4 Å². The summed E-state index contributed by atoms with van der Waals surface area (Å²) in [5.74, 6) is 0. The zero-order valence-electron chi connectivity index (χ0n) is 11.1. The lowest BCUT2D eigenvalue weighted by Gasteiger charge is -2.10. The minimum absolute atomic E-state index is 0.243. The van der Waals surface area contributed by atoms with Crippen molar-refractivity contribution >= 4 is 8.60 Å². The summed E-state index contributed by atoms with van der Waals surface area (Å²) in [4.78, 5) is 9.39. The van der Waals surface area contributed by atoms with Crippen LogP contribution in [0.4, 0.5) is 0 Å². The Hall–Kier alpha value is 0.230. The highest BCUT2D eigenvalue weighted by atomic mass is 31.2. The van der Waals surface area contributed by atoms with Gasteiger partial charge in [0.1, 0.15) is 0 Å². The van der Waals surface area contributed by atoms with Crippen LogP contribution in [-0.4, -0.2) is 41.5 Å². The fourth-order valence-electron chi connectivity index (χ4n) is 1.46. The molecule has 0 rings (SSSR count).